The van der Waals surface area contributed by atoms with Gasteiger partial charge in [0.2, 0.25) is 0 Å². The molecule has 3 nitrogen and oxygen atoms in total. The summed E-state index contributed by atoms with van der Waals surface area (Å²) in [5, 5.41) is 9.67. The highest BCUT2D eigenvalue weighted by Crippen LogP contribution is 2.03. The third-order valence-electron chi connectivity index (χ3n) is 1.36. The third-order valence-corrected chi connectivity index (χ3v) is 1.36. The first kappa shape index (κ1) is 7.75. The predicted molar refractivity (Wildman–Crippen MR) is 37.3 cm³/mol. The summed E-state index contributed by atoms with van der Waals surface area (Å²) in [4.78, 5) is 13.9. The molecule has 0 N–H and O–H groups in total. The summed E-state index contributed by atoms with van der Waals surface area (Å²) in [6.07, 6.45) is 0. The van der Waals surface area contributed by atoms with Crippen molar-refractivity contribution in [3.05, 3.63) is 35.4 Å². The van der Waals surface area contributed by atoms with E-state index in [1.807, 2.05) is 6.92 Å². The molecular formula is C8H7O3. The van der Waals surface area contributed by atoms with Crippen molar-refractivity contribution in [3.8, 4) is 0 Å². The molecule has 57 valence electrons. The van der Waals surface area contributed by atoms with E-state index in [4.69, 9.17) is 0 Å². The monoisotopic (exact) mass is 151 g/mol. The molecule has 1 aromatic carbocycles. The van der Waals surface area contributed by atoms with Crippen molar-refractivity contribution in [2.45, 2.75) is 6.92 Å². The highest BCUT2D eigenvalue weighted by atomic mass is 17.1. The minimum Gasteiger partial charge on any atom is -0.260 e. The van der Waals surface area contributed by atoms with E-state index in [2.05, 4.69) is 4.89 Å². The molecule has 0 spiro atoms. The van der Waals surface area contributed by atoms with E-state index < -0.39 is 5.97 Å². The molecule has 11 heavy (non-hydrogen) atoms. The maximum atomic E-state index is 10.6. The molecule has 0 bridgehead atoms. The number of carbonyl (C=O) groups excluding carboxylic acids is 1. The molecule has 1 aromatic rings. The standard InChI is InChI=1S/C8H7O3/c1-6-2-4-7(5-3-6)8(9)11-10/h2-5H,1H3. The molecule has 0 unspecified atom stereocenters. The van der Waals surface area contributed by atoms with Crippen LogP contribution in [0.2, 0.25) is 0 Å². The SMILES string of the molecule is Cc1ccc(C(=O)O[O])cc1. The van der Waals surface area contributed by atoms with Gasteiger partial charge in [0.05, 0.1) is 5.56 Å². The Morgan fingerprint density at radius 1 is 1.27 bits per heavy atom. The summed E-state index contributed by atoms with van der Waals surface area (Å²) >= 11 is 0. The van der Waals surface area contributed by atoms with Crippen molar-refractivity contribution in [2.24, 2.45) is 0 Å². The average Bonchev–Trinajstić information content (AvgIpc) is 2.05. The van der Waals surface area contributed by atoms with Gasteiger partial charge in [-0.1, -0.05) is 17.7 Å². The molecule has 3 heteroatoms. The van der Waals surface area contributed by atoms with Gasteiger partial charge in [-0.15, -0.1) is 0 Å². The molecule has 1 radical (unpaired) electrons. The van der Waals surface area contributed by atoms with Gasteiger partial charge in [0.1, 0.15) is 0 Å². The number of aryl methyl sites for hydroxylation is 1. The number of benzene rings is 1. The molecule has 0 fully saturated rings. The van der Waals surface area contributed by atoms with E-state index in [-0.39, 0.29) is 5.56 Å². The van der Waals surface area contributed by atoms with E-state index in [9.17, 15) is 10.1 Å². The second kappa shape index (κ2) is 3.16. The van der Waals surface area contributed by atoms with E-state index >= 15 is 0 Å². The lowest BCUT2D eigenvalue weighted by atomic mass is 10.2. The molecule has 1 rings (SSSR count). The van der Waals surface area contributed by atoms with E-state index in [1.54, 1.807) is 24.3 Å². The van der Waals surface area contributed by atoms with Crippen LogP contribution in [0.4, 0.5) is 0 Å². The molecule has 0 saturated carbocycles. The Morgan fingerprint density at radius 2 is 1.82 bits per heavy atom. The van der Waals surface area contributed by atoms with Crippen LogP contribution in [-0.4, -0.2) is 5.97 Å². The Labute approximate surface area is 64.2 Å². The smallest absolute Gasteiger partial charge is 0.260 e. The lowest BCUT2D eigenvalue weighted by Crippen LogP contribution is -1.99. The fourth-order valence-electron chi connectivity index (χ4n) is 0.738. The van der Waals surface area contributed by atoms with E-state index in [0.717, 1.165) is 5.56 Å². The van der Waals surface area contributed by atoms with Crippen LogP contribution in [0.15, 0.2) is 24.3 Å². The Morgan fingerprint density at radius 3 is 2.27 bits per heavy atom. The van der Waals surface area contributed by atoms with E-state index in [0.29, 0.717) is 0 Å². The fourth-order valence-corrected chi connectivity index (χ4v) is 0.738. The van der Waals surface area contributed by atoms with E-state index in [1.165, 1.54) is 0 Å². The zero-order valence-electron chi connectivity index (χ0n) is 6.03. The van der Waals surface area contributed by atoms with Crippen LogP contribution >= 0.6 is 0 Å². The lowest BCUT2D eigenvalue weighted by molar-refractivity contribution is -0.245. The van der Waals surface area contributed by atoms with Crippen molar-refractivity contribution in [1.82, 2.24) is 0 Å². The highest BCUT2D eigenvalue weighted by Gasteiger charge is 2.05. The van der Waals surface area contributed by atoms with Gasteiger partial charge >= 0.3 is 5.97 Å². The second-order valence-electron chi connectivity index (χ2n) is 2.24. The van der Waals surface area contributed by atoms with Crippen LogP contribution in [-0.2, 0) is 10.1 Å². The quantitative estimate of drug-likeness (QED) is 0.451. The minimum absolute atomic E-state index is 0.283. The van der Waals surface area contributed by atoms with Gasteiger partial charge in [-0.3, -0.25) is 4.89 Å². The summed E-state index contributed by atoms with van der Waals surface area (Å²) in [5.74, 6) is -0.843. The van der Waals surface area contributed by atoms with Gasteiger partial charge in [-0.05, 0) is 19.1 Å². The maximum Gasteiger partial charge on any atom is 0.376 e. The summed E-state index contributed by atoms with van der Waals surface area (Å²) in [6.45, 7) is 1.90. The molecule has 0 aliphatic heterocycles. The summed E-state index contributed by atoms with van der Waals surface area (Å²) in [5.41, 5.74) is 1.32. The van der Waals surface area contributed by atoms with Crippen LogP contribution in [0.3, 0.4) is 0 Å². The number of hydrogen-bond donors (Lipinski definition) is 0. The van der Waals surface area contributed by atoms with Gasteiger partial charge in [-0.2, -0.15) is 0 Å². The summed E-state index contributed by atoms with van der Waals surface area (Å²) in [6, 6.07) is 6.59. The van der Waals surface area contributed by atoms with Crippen molar-refractivity contribution < 1.29 is 14.9 Å². The molecule has 0 aliphatic carbocycles. The average molecular weight is 151 g/mol. The molecule has 0 aliphatic rings. The molecule has 0 saturated heterocycles. The van der Waals surface area contributed by atoms with Crippen LogP contribution < -0.4 is 0 Å². The zero-order chi connectivity index (χ0) is 8.27. The molecular weight excluding hydrogens is 144 g/mol. The number of rotatable bonds is 1. The third kappa shape index (κ3) is 1.78. The van der Waals surface area contributed by atoms with Crippen LogP contribution in [0.1, 0.15) is 15.9 Å². The van der Waals surface area contributed by atoms with Gasteiger partial charge in [0.25, 0.3) is 0 Å². The van der Waals surface area contributed by atoms with Gasteiger partial charge in [0, 0.05) is 5.26 Å². The lowest BCUT2D eigenvalue weighted by Gasteiger charge is -1.94. The van der Waals surface area contributed by atoms with Crippen molar-refractivity contribution >= 4 is 5.97 Å². The molecule has 0 heterocycles. The normalized spacial score (nSPS) is 9.27. The fraction of sp³-hybridized carbons (Fsp3) is 0.125. The van der Waals surface area contributed by atoms with Crippen molar-refractivity contribution in [2.75, 3.05) is 0 Å². The Kier molecular flexibility index (Phi) is 2.23. The van der Waals surface area contributed by atoms with Crippen LogP contribution in [0.25, 0.3) is 0 Å². The Bertz CT molecular complexity index is 251. The van der Waals surface area contributed by atoms with Crippen LogP contribution in [0, 0.1) is 6.92 Å². The number of hydrogen-bond acceptors (Lipinski definition) is 2. The largest absolute Gasteiger partial charge is 0.376 e. The molecule has 0 atom stereocenters. The number of carbonyl (C=O) groups is 1. The second-order valence-corrected chi connectivity index (χ2v) is 2.24. The maximum absolute atomic E-state index is 10.6. The molecule has 0 aromatic heterocycles. The Balaban J connectivity index is 2.90. The zero-order valence-corrected chi connectivity index (χ0v) is 6.03. The summed E-state index contributed by atoms with van der Waals surface area (Å²) in [7, 11) is 0. The molecule has 0 amide bonds. The van der Waals surface area contributed by atoms with Crippen molar-refractivity contribution in [1.29, 1.82) is 0 Å². The summed E-state index contributed by atoms with van der Waals surface area (Å²) < 4.78 is 0. The highest BCUT2D eigenvalue weighted by molar-refractivity contribution is 5.88. The first-order chi connectivity index (χ1) is 5.24. The van der Waals surface area contributed by atoms with Gasteiger partial charge in [0.15, 0.2) is 0 Å². The van der Waals surface area contributed by atoms with Crippen LogP contribution in [0.5, 0.6) is 0 Å². The first-order valence-corrected chi connectivity index (χ1v) is 3.15. The van der Waals surface area contributed by atoms with Gasteiger partial charge in [-0.25, -0.2) is 4.79 Å². The predicted octanol–water partition coefficient (Wildman–Crippen LogP) is 1.50. The first-order valence-electron chi connectivity index (χ1n) is 3.15. The minimum atomic E-state index is -0.843. The topological polar surface area (TPSA) is 46.2 Å². The van der Waals surface area contributed by atoms with Gasteiger partial charge < -0.3 is 0 Å². The Hall–Kier alpha value is -1.35. The van der Waals surface area contributed by atoms with Crippen molar-refractivity contribution in [3.63, 3.8) is 0 Å².